The number of anilines is 1. The van der Waals surface area contributed by atoms with Crippen LogP contribution in [0.5, 0.6) is 0 Å². The number of nitrogens with zero attached hydrogens (tertiary/aromatic N) is 5. The third kappa shape index (κ3) is 2.82. The van der Waals surface area contributed by atoms with Gasteiger partial charge < -0.3 is 19.6 Å². The molecule has 6 rings (SSSR count). The van der Waals surface area contributed by atoms with Gasteiger partial charge in [-0.1, -0.05) is 0 Å². The van der Waals surface area contributed by atoms with E-state index in [0.29, 0.717) is 23.8 Å². The Morgan fingerprint density at radius 2 is 2.03 bits per heavy atom. The summed E-state index contributed by atoms with van der Waals surface area (Å²) >= 11 is 0. The predicted octanol–water partition coefficient (Wildman–Crippen LogP) is 2.94. The lowest BCUT2D eigenvalue weighted by atomic mass is 10.0. The molecule has 8 nitrogen and oxygen atoms in total. The Bertz CT molecular complexity index is 1240. The van der Waals surface area contributed by atoms with Crippen molar-refractivity contribution < 1.29 is 4.79 Å². The van der Waals surface area contributed by atoms with Gasteiger partial charge in [0.2, 0.25) is 11.9 Å². The first-order valence-electron chi connectivity index (χ1n) is 10.4. The molecule has 1 saturated carbocycles. The first kappa shape index (κ1) is 17.4. The lowest BCUT2D eigenvalue weighted by Crippen LogP contribution is -2.29. The van der Waals surface area contributed by atoms with E-state index in [1.165, 1.54) is 0 Å². The summed E-state index contributed by atoms with van der Waals surface area (Å²) in [6, 6.07) is 4.44. The van der Waals surface area contributed by atoms with E-state index in [2.05, 4.69) is 32.5 Å². The van der Waals surface area contributed by atoms with Gasteiger partial charge in [0.15, 0.2) is 0 Å². The summed E-state index contributed by atoms with van der Waals surface area (Å²) in [5.41, 5.74) is 3.92. The van der Waals surface area contributed by atoms with Crippen LogP contribution >= 0.6 is 0 Å². The van der Waals surface area contributed by atoms with Crippen molar-refractivity contribution in [2.45, 2.75) is 25.8 Å². The largest absolute Gasteiger partial charge is 0.351 e. The molecule has 0 spiro atoms. The Morgan fingerprint density at radius 3 is 2.83 bits per heavy atom. The van der Waals surface area contributed by atoms with Crippen molar-refractivity contribution in [3.05, 3.63) is 43.1 Å². The van der Waals surface area contributed by atoms with Crippen molar-refractivity contribution >= 4 is 28.5 Å². The quantitative estimate of drug-likeness (QED) is 0.551. The average Bonchev–Trinajstić information content (AvgIpc) is 3.49. The molecule has 2 fully saturated rings. The first-order valence-corrected chi connectivity index (χ1v) is 10.4. The van der Waals surface area contributed by atoms with Gasteiger partial charge in [-0.15, -0.1) is 0 Å². The van der Waals surface area contributed by atoms with E-state index < -0.39 is 0 Å². The highest BCUT2D eigenvalue weighted by Gasteiger charge is 2.41. The van der Waals surface area contributed by atoms with Crippen molar-refractivity contribution in [2.75, 3.05) is 18.4 Å². The molecule has 0 radical (unpaired) electrons. The summed E-state index contributed by atoms with van der Waals surface area (Å²) in [5, 5.41) is 4.52. The summed E-state index contributed by atoms with van der Waals surface area (Å²) in [5.74, 6) is 2.03. The first-order chi connectivity index (χ1) is 14.6. The summed E-state index contributed by atoms with van der Waals surface area (Å²) in [6.07, 6.45) is 11.8. The number of likely N-dealkylation sites (tertiary alicyclic amines) is 1. The van der Waals surface area contributed by atoms with Crippen LogP contribution in [0, 0.1) is 11.8 Å². The van der Waals surface area contributed by atoms with Gasteiger partial charge in [0.25, 0.3) is 0 Å². The molecule has 2 aliphatic rings. The number of carbonyl (C=O) groups excluding carboxylic acids is 1. The minimum atomic E-state index is 0.192. The van der Waals surface area contributed by atoms with Crippen molar-refractivity contribution in [1.29, 1.82) is 0 Å². The van der Waals surface area contributed by atoms with Crippen molar-refractivity contribution in [1.82, 2.24) is 29.2 Å². The van der Waals surface area contributed by atoms with Crippen LogP contribution < -0.4 is 5.32 Å². The fraction of sp³-hybridized carbons (Fsp3) is 0.364. The number of hydrogen-bond acceptors (Lipinski definition) is 5. The number of nitrogens with one attached hydrogen (secondary N) is 2. The molecule has 4 aromatic heterocycles. The Hall–Kier alpha value is -3.42. The Balaban J connectivity index is 1.21. The number of H-pyrrole nitrogens is 1. The molecule has 1 amide bonds. The summed E-state index contributed by atoms with van der Waals surface area (Å²) in [7, 11) is 0. The number of rotatable bonds is 3. The molecule has 8 heteroatoms. The maximum Gasteiger partial charge on any atom is 0.224 e. The highest BCUT2D eigenvalue weighted by molar-refractivity contribution is 5.93. The van der Waals surface area contributed by atoms with E-state index in [9.17, 15) is 4.79 Å². The number of aromatic nitrogens is 5. The third-order valence-corrected chi connectivity index (χ3v) is 6.66. The zero-order valence-electron chi connectivity index (χ0n) is 16.7. The monoisotopic (exact) mass is 401 g/mol. The van der Waals surface area contributed by atoms with E-state index in [-0.39, 0.29) is 5.91 Å². The molecular weight excluding hydrogens is 378 g/mol. The zero-order chi connectivity index (χ0) is 20.2. The van der Waals surface area contributed by atoms with Gasteiger partial charge in [-0.05, 0) is 36.8 Å². The zero-order valence-corrected chi connectivity index (χ0v) is 16.7. The molecule has 30 heavy (non-hydrogen) atoms. The van der Waals surface area contributed by atoms with E-state index in [0.717, 1.165) is 53.7 Å². The molecule has 1 saturated heterocycles. The smallest absolute Gasteiger partial charge is 0.224 e. The number of pyridine rings is 1. The Morgan fingerprint density at radius 1 is 1.20 bits per heavy atom. The molecule has 3 atom stereocenters. The van der Waals surface area contributed by atoms with Crippen LogP contribution in [-0.2, 0) is 4.79 Å². The fourth-order valence-corrected chi connectivity index (χ4v) is 5.15. The maximum atomic E-state index is 11.6. The molecule has 1 aliphatic carbocycles. The van der Waals surface area contributed by atoms with Gasteiger partial charge in [0, 0.05) is 73.6 Å². The second-order valence-corrected chi connectivity index (χ2v) is 8.53. The molecule has 0 bridgehead atoms. The number of aromatic amines is 1. The van der Waals surface area contributed by atoms with Crippen LogP contribution in [0.1, 0.15) is 19.8 Å². The van der Waals surface area contributed by atoms with Crippen LogP contribution in [0.4, 0.5) is 5.95 Å². The summed E-state index contributed by atoms with van der Waals surface area (Å²) in [6.45, 7) is 3.44. The second kappa shape index (κ2) is 6.55. The normalized spacial score (nSPS) is 23.4. The van der Waals surface area contributed by atoms with Gasteiger partial charge in [0.05, 0.1) is 0 Å². The highest BCUT2D eigenvalue weighted by atomic mass is 16.2. The number of carbonyl (C=O) groups is 1. The van der Waals surface area contributed by atoms with Crippen molar-refractivity contribution in [2.24, 2.45) is 11.8 Å². The summed E-state index contributed by atoms with van der Waals surface area (Å²) < 4.78 is 2.01. The third-order valence-electron chi connectivity index (χ3n) is 6.66. The minimum absolute atomic E-state index is 0.192. The van der Waals surface area contributed by atoms with Crippen LogP contribution in [-0.4, -0.2) is 54.3 Å². The lowest BCUT2D eigenvalue weighted by molar-refractivity contribution is -0.128. The van der Waals surface area contributed by atoms with Crippen LogP contribution in [0.2, 0.25) is 0 Å². The average molecular weight is 401 g/mol. The molecule has 4 aromatic rings. The number of fused-ring (bicyclic) bond motifs is 3. The van der Waals surface area contributed by atoms with Crippen molar-refractivity contribution in [3.8, 4) is 11.1 Å². The Labute approximate surface area is 173 Å². The van der Waals surface area contributed by atoms with Crippen LogP contribution in [0.3, 0.4) is 0 Å². The Kier molecular flexibility index (Phi) is 3.81. The molecule has 2 N–H and O–H groups in total. The fourth-order valence-electron chi connectivity index (χ4n) is 5.15. The standard InChI is InChI=1S/C22H23N7O/c1-13(30)29-11-15-6-17(7-16(15)12-29)26-22-25-9-19-18(8-24-21(19)27-22)14-2-3-20-23-4-5-28(20)10-14/h2-5,8-10,15-17H,6-7,11-12H2,1H3,(H2,24,25,26,27)/t15-,16+,17-. The second-order valence-electron chi connectivity index (χ2n) is 8.53. The van der Waals surface area contributed by atoms with Gasteiger partial charge in [-0.25, -0.2) is 9.97 Å². The van der Waals surface area contributed by atoms with Crippen LogP contribution in [0.25, 0.3) is 27.8 Å². The molecule has 1 aliphatic heterocycles. The number of amides is 1. The number of hydrogen-bond donors (Lipinski definition) is 2. The lowest BCUT2D eigenvalue weighted by Gasteiger charge is -2.18. The van der Waals surface area contributed by atoms with E-state index in [4.69, 9.17) is 4.98 Å². The van der Waals surface area contributed by atoms with Crippen molar-refractivity contribution in [3.63, 3.8) is 0 Å². The maximum absolute atomic E-state index is 11.6. The number of imidazole rings is 1. The topological polar surface area (TPSA) is 91.2 Å². The van der Waals surface area contributed by atoms with Crippen LogP contribution in [0.15, 0.2) is 43.1 Å². The van der Waals surface area contributed by atoms with Gasteiger partial charge in [-0.2, -0.15) is 4.98 Å². The molecule has 5 heterocycles. The minimum Gasteiger partial charge on any atom is -0.351 e. The van der Waals surface area contributed by atoms with Gasteiger partial charge in [0.1, 0.15) is 11.3 Å². The van der Waals surface area contributed by atoms with E-state index >= 15 is 0 Å². The van der Waals surface area contributed by atoms with Gasteiger partial charge in [-0.3, -0.25) is 4.79 Å². The molecular formula is C22H23N7O. The molecule has 152 valence electrons. The van der Waals surface area contributed by atoms with E-state index in [1.54, 1.807) is 13.1 Å². The van der Waals surface area contributed by atoms with Gasteiger partial charge >= 0.3 is 0 Å². The SMILES string of the molecule is CC(=O)N1C[C@H]2C[C@@H](Nc3ncc4c(-c5ccc6nccn6c5)c[nH]c4n3)C[C@H]2C1. The highest BCUT2D eigenvalue weighted by Crippen LogP contribution is 2.39. The molecule has 0 unspecified atom stereocenters. The molecule has 0 aromatic carbocycles. The summed E-state index contributed by atoms with van der Waals surface area (Å²) in [4.78, 5) is 30.5. The predicted molar refractivity (Wildman–Crippen MR) is 114 cm³/mol. The van der Waals surface area contributed by atoms with E-state index in [1.807, 2.05) is 34.0 Å².